The Morgan fingerprint density at radius 3 is 2.71 bits per heavy atom. The highest BCUT2D eigenvalue weighted by Crippen LogP contribution is 2.34. The van der Waals surface area contributed by atoms with Crippen LogP contribution in [-0.4, -0.2) is 11.0 Å². The number of nitrogens with zero attached hydrogens (tertiary/aromatic N) is 1. The third-order valence-corrected chi connectivity index (χ3v) is 3.22. The fraction of sp³-hybridized carbons (Fsp3) is 0.357. The SMILES string of the molecule is Fc1ccc(-c2nc(CNC3CC3)co2)cc1C(F)(F)F. The van der Waals surface area contributed by atoms with E-state index in [1.54, 1.807) is 0 Å². The molecule has 1 heterocycles. The van der Waals surface area contributed by atoms with Crippen molar-refractivity contribution in [3.05, 3.63) is 41.5 Å². The van der Waals surface area contributed by atoms with Crippen LogP contribution in [0.4, 0.5) is 17.6 Å². The molecule has 1 saturated carbocycles. The number of alkyl halides is 3. The van der Waals surface area contributed by atoms with Gasteiger partial charge in [-0.05, 0) is 31.0 Å². The normalized spacial score (nSPS) is 15.4. The van der Waals surface area contributed by atoms with Gasteiger partial charge in [-0.3, -0.25) is 0 Å². The molecule has 7 heteroatoms. The Balaban J connectivity index is 1.82. The van der Waals surface area contributed by atoms with Crippen LogP contribution in [0.5, 0.6) is 0 Å². The molecule has 1 N–H and O–H groups in total. The van der Waals surface area contributed by atoms with E-state index in [9.17, 15) is 17.6 Å². The molecule has 1 aliphatic rings. The van der Waals surface area contributed by atoms with Gasteiger partial charge in [0, 0.05) is 18.2 Å². The van der Waals surface area contributed by atoms with Crippen LogP contribution in [0.25, 0.3) is 11.5 Å². The molecule has 2 aromatic rings. The summed E-state index contributed by atoms with van der Waals surface area (Å²) in [6, 6.07) is 3.19. The average Bonchev–Trinajstić information content (AvgIpc) is 3.13. The molecule has 0 amide bonds. The van der Waals surface area contributed by atoms with Gasteiger partial charge in [0.15, 0.2) is 0 Å². The molecule has 3 rings (SSSR count). The van der Waals surface area contributed by atoms with Gasteiger partial charge in [0.25, 0.3) is 0 Å². The van der Waals surface area contributed by atoms with Crippen LogP contribution in [0.1, 0.15) is 24.1 Å². The van der Waals surface area contributed by atoms with Crippen LogP contribution in [0.2, 0.25) is 0 Å². The second-order valence-corrected chi connectivity index (χ2v) is 4.99. The second-order valence-electron chi connectivity index (χ2n) is 4.99. The molecular formula is C14H12F4N2O. The van der Waals surface area contributed by atoms with Crippen molar-refractivity contribution in [1.82, 2.24) is 10.3 Å². The monoisotopic (exact) mass is 300 g/mol. The lowest BCUT2D eigenvalue weighted by Crippen LogP contribution is -2.15. The van der Waals surface area contributed by atoms with E-state index in [1.165, 1.54) is 12.3 Å². The van der Waals surface area contributed by atoms with Crippen molar-refractivity contribution in [2.75, 3.05) is 0 Å². The van der Waals surface area contributed by atoms with Crippen molar-refractivity contribution in [3.63, 3.8) is 0 Å². The third kappa shape index (κ3) is 3.24. The van der Waals surface area contributed by atoms with E-state index in [0.717, 1.165) is 18.9 Å². The highest BCUT2D eigenvalue weighted by atomic mass is 19.4. The number of nitrogens with one attached hydrogen (secondary N) is 1. The molecule has 112 valence electrons. The molecule has 0 saturated heterocycles. The second kappa shape index (κ2) is 5.14. The van der Waals surface area contributed by atoms with E-state index in [1.807, 2.05) is 0 Å². The molecule has 0 aliphatic heterocycles. The van der Waals surface area contributed by atoms with E-state index < -0.39 is 17.6 Å². The number of oxazole rings is 1. The zero-order valence-electron chi connectivity index (χ0n) is 10.9. The minimum Gasteiger partial charge on any atom is -0.444 e. The van der Waals surface area contributed by atoms with E-state index in [-0.39, 0.29) is 11.5 Å². The van der Waals surface area contributed by atoms with Gasteiger partial charge in [-0.1, -0.05) is 0 Å². The molecule has 1 aromatic carbocycles. The first kappa shape index (κ1) is 14.1. The maximum atomic E-state index is 13.2. The maximum Gasteiger partial charge on any atom is 0.419 e. The summed E-state index contributed by atoms with van der Waals surface area (Å²) in [4.78, 5) is 4.11. The van der Waals surface area contributed by atoms with Crippen molar-refractivity contribution < 1.29 is 22.0 Å². The lowest BCUT2D eigenvalue weighted by molar-refractivity contribution is -0.139. The highest BCUT2D eigenvalue weighted by molar-refractivity contribution is 5.55. The summed E-state index contributed by atoms with van der Waals surface area (Å²) in [7, 11) is 0. The van der Waals surface area contributed by atoms with Gasteiger partial charge in [0.1, 0.15) is 12.1 Å². The fourth-order valence-corrected chi connectivity index (χ4v) is 1.93. The number of rotatable bonds is 4. The maximum absolute atomic E-state index is 13.2. The summed E-state index contributed by atoms with van der Waals surface area (Å²) in [6.07, 6.45) is -1.11. The number of aromatic nitrogens is 1. The summed E-state index contributed by atoms with van der Waals surface area (Å²) in [5.41, 5.74) is -0.618. The molecule has 0 radical (unpaired) electrons. The predicted molar refractivity (Wildman–Crippen MR) is 66.8 cm³/mol. The Kier molecular flexibility index (Phi) is 3.44. The van der Waals surface area contributed by atoms with Gasteiger partial charge in [-0.15, -0.1) is 0 Å². The van der Waals surface area contributed by atoms with Crippen molar-refractivity contribution in [2.24, 2.45) is 0 Å². The van der Waals surface area contributed by atoms with Gasteiger partial charge in [-0.2, -0.15) is 13.2 Å². The Morgan fingerprint density at radius 2 is 2.05 bits per heavy atom. The lowest BCUT2D eigenvalue weighted by Gasteiger charge is -2.08. The lowest BCUT2D eigenvalue weighted by atomic mass is 10.1. The predicted octanol–water partition coefficient (Wildman–Crippen LogP) is 3.75. The van der Waals surface area contributed by atoms with Crippen LogP contribution >= 0.6 is 0 Å². The Bertz CT molecular complexity index is 647. The molecule has 1 aromatic heterocycles. The van der Waals surface area contributed by atoms with E-state index in [2.05, 4.69) is 10.3 Å². The summed E-state index contributed by atoms with van der Waals surface area (Å²) < 4.78 is 56.4. The number of hydrogen-bond acceptors (Lipinski definition) is 3. The number of halogens is 4. The van der Waals surface area contributed by atoms with E-state index in [4.69, 9.17) is 4.42 Å². The van der Waals surface area contributed by atoms with Crippen molar-refractivity contribution in [3.8, 4) is 11.5 Å². The minimum absolute atomic E-state index is 0.0492. The van der Waals surface area contributed by atoms with Crippen LogP contribution < -0.4 is 5.32 Å². The van der Waals surface area contributed by atoms with Gasteiger partial charge in [0.05, 0.1) is 11.3 Å². The molecule has 0 bridgehead atoms. The summed E-state index contributed by atoms with van der Waals surface area (Å²) in [6.45, 7) is 0.501. The van der Waals surface area contributed by atoms with Gasteiger partial charge >= 0.3 is 6.18 Å². The highest BCUT2D eigenvalue weighted by Gasteiger charge is 2.34. The topological polar surface area (TPSA) is 38.1 Å². The largest absolute Gasteiger partial charge is 0.444 e. The molecular weight excluding hydrogens is 288 g/mol. The molecule has 21 heavy (non-hydrogen) atoms. The van der Waals surface area contributed by atoms with Gasteiger partial charge in [0.2, 0.25) is 5.89 Å². The first-order valence-corrected chi connectivity index (χ1v) is 6.48. The van der Waals surface area contributed by atoms with Crippen molar-refractivity contribution in [2.45, 2.75) is 31.6 Å². The summed E-state index contributed by atoms with van der Waals surface area (Å²) in [5, 5.41) is 3.22. The van der Waals surface area contributed by atoms with Crippen molar-refractivity contribution in [1.29, 1.82) is 0 Å². The molecule has 1 aliphatic carbocycles. The molecule has 3 nitrogen and oxygen atoms in total. The van der Waals surface area contributed by atoms with Crippen LogP contribution in [0.3, 0.4) is 0 Å². The average molecular weight is 300 g/mol. The van der Waals surface area contributed by atoms with E-state index >= 15 is 0 Å². The Labute approximate surface area is 118 Å². The summed E-state index contributed by atoms with van der Waals surface area (Å²) in [5.74, 6) is -1.26. The van der Waals surface area contributed by atoms with Crippen molar-refractivity contribution >= 4 is 0 Å². The third-order valence-electron chi connectivity index (χ3n) is 3.22. The fourth-order valence-electron chi connectivity index (χ4n) is 1.93. The van der Waals surface area contributed by atoms with Crippen LogP contribution in [0.15, 0.2) is 28.9 Å². The Morgan fingerprint density at radius 1 is 1.29 bits per heavy atom. The summed E-state index contributed by atoms with van der Waals surface area (Å²) >= 11 is 0. The zero-order valence-corrected chi connectivity index (χ0v) is 10.9. The first-order valence-electron chi connectivity index (χ1n) is 6.48. The van der Waals surface area contributed by atoms with E-state index in [0.29, 0.717) is 24.3 Å². The smallest absolute Gasteiger partial charge is 0.419 e. The van der Waals surface area contributed by atoms with Crippen LogP contribution in [-0.2, 0) is 12.7 Å². The standard InChI is InChI=1S/C14H12F4N2O/c15-12-4-1-8(5-11(12)14(16,17)18)13-20-10(7-21-13)6-19-9-2-3-9/h1,4-5,7,9,19H,2-3,6H2. The Hall–Kier alpha value is -1.89. The molecule has 1 fully saturated rings. The zero-order chi connectivity index (χ0) is 15.0. The number of benzene rings is 1. The van der Waals surface area contributed by atoms with Gasteiger partial charge < -0.3 is 9.73 Å². The molecule has 0 unspecified atom stereocenters. The number of hydrogen-bond donors (Lipinski definition) is 1. The minimum atomic E-state index is -4.75. The first-order chi connectivity index (χ1) is 9.93. The molecule has 0 spiro atoms. The quantitative estimate of drug-likeness (QED) is 0.874. The van der Waals surface area contributed by atoms with Crippen LogP contribution in [0, 0.1) is 5.82 Å². The molecule has 0 atom stereocenters. The van der Waals surface area contributed by atoms with Gasteiger partial charge in [-0.25, -0.2) is 9.37 Å².